The Morgan fingerprint density at radius 2 is 2.03 bits per heavy atom. The van der Waals surface area contributed by atoms with Gasteiger partial charge in [-0.3, -0.25) is 14.5 Å². The number of guanidine groups is 1. The van der Waals surface area contributed by atoms with Crippen LogP contribution >= 0.6 is 0 Å². The zero-order chi connectivity index (χ0) is 20.8. The van der Waals surface area contributed by atoms with Gasteiger partial charge >= 0.3 is 0 Å². The average molecular weight is 409 g/mol. The van der Waals surface area contributed by atoms with E-state index in [1.54, 1.807) is 13.2 Å². The minimum atomic E-state index is 0.257. The molecule has 2 fully saturated rings. The van der Waals surface area contributed by atoms with Crippen molar-refractivity contribution in [1.29, 1.82) is 0 Å². The Hall–Kier alpha value is -2.83. The van der Waals surface area contributed by atoms with Gasteiger partial charge in [-0.05, 0) is 36.5 Å². The zero-order valence-electron chi connectivity index (χ0n) is 17.8. The Labute approximate surface area is 178 Å². The number of nitrogens with one attached hydrogen (secondary N) is 2. The second kappa shape index (κ2) is 9.78. The highest BCUT2D eigenvalue weighted by atomic mass is 16.2. The molecule has 1 saturated carbocycles. The Morgan fingerprint density at radius 1 is 1.20 bits per heavy atom. The standard InChI is InChI=1S/C23H32N6O/c1-24-23(27-21-10-13-28(17-21)22(30)20-8-2-3-9-20)25-15-18-6-4-7-19(14-18)16-29-12-5-11-26-29/h4-7,11-12,14,20-21H,2-3,8-10,13,15-17H2,1H3,(H2,24,25,27). The molecule has 2 N–H and O–H groups in total. The van der Waals surface area contributed by atoms with Crippen molar-refractivity contribution in [2.24, 2.45) is 10.9 Å². The molecule has 1 atom stereocenters. The highest BCUT2D eigenvalue weighted by Gasteiger charge is 2.32. The van der Waals surface area contributed by atoms with E-state index in [0.29, 0.717) is 12.5 Å². The summed E-state index contributed by atoms with van der Waals surface area (Å²) < 4.78 is 1.92. The average Bonchev–Trinajstić information content (AvgIpc) is 3.54. The van der Waals surface area contributed by atoms with Gasteiger partial charge in [-0.1, -0.05) is 37.1 Å². The lowest BCUT2D eigenvalue weighted by molar-refractivity contribution is -0.134. The molecule has 0 radical (unpaired) electrons. The second-order valence-corrected chi connectivity index (χ2v) is 8.34. The van der Waals surface area contributed by atoms with E-state index in [4.69, 9.17) is 0 Å². The molecule has 1 aliphatic heterocycles. The fraction of sp³-hybridized carbons (Fsp3) is 0.522. The van der Waals surface area contributed by atoms with E-state index < -0.39 is 0 Å². The van der Waals surface area contributed by atoms with Crippen LogP contribution in [-0.2, 0) is 17.9 Å². The fourth-order valence-electron chi connectivity index (χ4n) is 4.50. The van der Waals surface area contributed by atoms with E-state index in [1.165, 1.54) is 24.0 Å². The van der Waals surface area contributed by atoms with Crippen molar-refractivity contribution in [1.82, 2.24) is 25.3 Å². The molecule has 7 nitrogen and oxygen atoms in total. The van der Waals surface area contributed by atoms with Crippen molar-refractivity contribution < 1.29 is 4.79 Å². The predicted octanol–water partition coefficient (Wildman–Crippen LogP) is 2.39. The van der Waals surface area contributed by atoms with Crippen molar-refractivity contribution in [2.75, 3.05) is 20.1 Å². The summed E-state index contributed by atoms with van der Waals surface area (Å²) in [6, 6.07) is 10.7. The largest absolute Gasteiger partial charge is 0.352 e. The smallest absolute Gasteiger partial charge is 0.225 e. The molecule has 7 heteroatoms. The molecule has 2 aliphatic rings. The first-order valence-electron chi connectivity index (χ1n) is 11.0. The molecular weight excluding hydrogens is 376 g/mol. The van der Waals surface area contributed by atoms with Crippen molar-refractivity contribution in [3.8, 4) is 0 Å². The molecule has 30 heavy (non-hydrogen) atoms. The minimum Gasteiger partial charge on any atom is -0.352 e. The molecule has 1 aliphatic carbocycles. The predicted molar refractivity (Wildman–Crippen MR) is 118 cm³/mol. The summed E-state index contributed by atoms with van der Waals surface area (Å²) in [4.78, 5) is 19.1. The maximum Gasteiger partial charge on any atom is 0.225 e. The number of rotatable bonds is 6. The summed E-state index contributed by atoms with van der Waals surface area (Å²) in [7, 11) is 1.79. The first-order valence-corrected chi connectivity index (χ1v) is 11.0. The van der Waals surface area contributed by atoms with E-state index >= 15 is 0 Å². The van der Waals surface area contributed by atoms with Crippen LogP contribution in [0.1, 0.15) is 43.2 Å². The van der Waals surface area contributed by atoms with Gasteiger partial charge in [0.2, 0.25) is 5.91 Å². The van der Waals surface area contributed by atoms with Gasteiger partial charge < -0.3 is 15.5 Å². The van der Waals surface area contributed by atoms with Gasteiger partial charge in [0.15, 0.2) is 5.96 Å². The molecule has 2 aromatic rings. The third kappa shape index (κ3) is 5.20. The summed E-state index contributed by atoms with van der Waals surface area (Å²) >= 11 is 0. The molecule has 1 aromatic heterocycles. The van der Waals surface area contributed by atoms with Gasteiger partial charge in [0.1, 0.15) is 0 Å². The van der Waals surface area contributed by atoms with E-state index in [-0.39, 0.29) is 12.0 Å². The Balaban J connectivity index is 1.26. The monoisotopic (exact) mass is 408 g/mol. The molecule has 0 spiro atoms. The third-order valence-electron chi connectivity index (χ3n) is 6.12. The maximum absolute atomic E-state index is 12.7. The second-order valence-electron chi connectivity index (χ2n) is 8.34. The lowest BCUT2D eigenvalue weighted by atomic mass is 10.1. The molecule has 0 bridgehead atoms. The molecule has 1 aromatic carbocycles. The first kappa shape index (κ1) is 20.4. The van der Waals surface area contributed by atoms with Gasteiger partial charge in [0.05, 0.1) is 6.54 Å². The number of aromatic nitrogens is 2. The topological polar surface area (TPSA) is 74.6 Å². The van der Waals surface area contributed by atoms with Gasteiger partial charge in [0, 0.05) is 51.0 Å². The van der Waals surface area contributed by atoms with E-state index in [2.05, 4.69) is 45.0 Å². The first-order chi connectivity index (χ1) is 14.7. The number of carbonyl (C=O) groups is 1. The molecule has 160 valence electrons. The lowest BCUT2D eigenvalue weighted by Gasteiger charge is -2.21. The number of hydrogen-bond acceptors (Lipinski definition) is 3. The molecule has 1 amide bonds. The molecule has 1 saturated heterocycles. The summed E-state index contributed by atoms with van der Waals surface area (Å²) in [5.74, 6) is 1.40. The van der Waals surface area contributed by atoms with Crippen LogP contribution in [-0.4, -0.2) is 52.7 Å². The third-order valence-corrected chi connectivity index (χ3v) is 6.12. The Morgan fingerprint density at radius 3 is 2.80 bits per heavy atom. The Kier molecular flexibility index (Phi) is 6.67. The van der Waals surface area contributed by atoms with Crippen LogP contribution < -0.4 is 10.6 Å². The lowest BCUT2D eigenvalue weighted by Crippen LogP contribution is -2.45. The molecular formula is C23H32N6O. The number of amides is 1. The molecule has 2 heterocycles. The van der Waals surface area contributed by atoms with Crippen LogP contribution in [0.25, 0.3) is 0 Å². The van der Waals surface area contributed by atoms with Gasteiger partial charge in [-0.25, -0.2) is 0 Å². The van der Waals surface area contributed by atoms with E-state index in [1.807, 2.05) is 21.8 Å². The SMILES string of the molecule is CN=C(NCc1cccc(Cn2cccn2)c1)NC1CCN(C(=O)C2CCCC2)C1. The van der Waals surface area contributed by atoms with Crippen LogP contribution in [0.15, 0.2) is 47.7 Å². The van der Waals surface area contributed by atoms with Crippen molar-refractivity contribution in [3.05, 3.63) is 53.9 Å². The van der Waals surface area contributed by atoms with Gasteiger partial charge in [0.25, 0.3) is 0 Å². The maximum atomic E-state index is 12.7. The van der Waals surface area contributed by atoms with Crippen LogP contribution in [0, 0.1) is 5.92 Å². The number of hydrogen-bond donors (Lipinski definition) is 2. The Bertz CT molecular complexity index is 856. The summed E-state index contributed by atoms with van der Waals surface area (Å²) in [5, 5.41) is 11.2. The van der Waals surface area contributed by atoms with Crippen LogP contribution in [0.3, 0.4) is 0 Å². The van der Waals surface area contributed by atoms with Gasteiger partial charge in [-0.15, -0.1) is 0 Å². The zero-order valence-corrected chi connectivity index (χ0v) is 17.8. The summed E-state index contributed by atoms with van der Waals surface area (Å²) in [6.07, 6.45) is 9.27. The summed E-state index contributed by atoms with van der Waals surface area (Å²) in [5.41, 5.74) is 2.42. The fourth-order valence-corrected chi connectivity index (χ4v) is 4.50. The van der Waals surface area contributed by atoms with Gasteiger partial charge in [-0.2, -0.15) is 5.10 Å². The van der Waals surface area contributed by atoms with E-state index in [0.717, 1.165) is 44.9 Å². The van der Waals surface area contributed by atoms with Crippen molar-refractivity contribution >= 4 is 11.9 Å². The van der Waals surface area contributed by atoms with Crippen molar-refractivity contribution in [3.63, 3.8) is 0 Å². The summed E-state index contributed by atoms with van der Waals surface area (Å²) in [6.45, 7) is 3.08. The molecule has 1 unspecified atom stereocenters. The van der Waals surface area contributed by atoms with E-state index in [9.17, 15) is 4.79 Å². The minimum absolute atomic E-state index is 0.257. The molecule has 4 rings (SSSR count). The van der Waals surface area contributed by atoms with Crippen LogP contribution in [0.4, 0.5) is 0 Å². The quantitative estimate of drug-likeness (QED) is 0.569. The van der Waals surface area contributed by atoms with Crippen LogP contribution in [0.2, 0.25) is 0 Å². The number of nitrogens with zero attached hydrogens (tertiary/aromatic N) is 4. The number of benzene rings is 1. The normalized spacial score (nSPS) is 20.0. The number of carbonyl (C=O) groups excluding carboxylic acids is 1. The number of aliphatic imine (C=N–C) groups is 1. The highest BCUT2D eigenvalue weighted by Crippen LogP contribution is 2.27. The number of likely N-dealkylation sites (tertiary alicyclic amines) is 1. The van der Waals surface area contributed by atoms with Crippen LogP contribution in [0.5, 0.6) is 0 Å². The highest BCUT2D eigenvalue weighted by molar-refractivity contribution is 5.81. The van der Waals surface area contributed by atoms with Crippen molar-refractivity contribution in [2.45, 2.75) is 51.2 Å².